The SMILES string of the molecule is CNC(=O)c1cc(C(=O)O)cn([C@H](C)c2cccc(C)c2)c1=O. The first kappa shape index (κ1) is 16.5. The lowest BCUT2D eigenvalue weighted by molar-refractivity contribution is 0.0695. The van der Waals surface area contributed by atoms with Gasteiger partial charge in [0.2, 0.25) is 0 Å². The number of pyridine rings is 1. The Kier molecular flexibility index (Phi) is 4.64. The van der Waals surface area contributed by atoms with Crippen LogP contribution < -0.4 is 10.9 Å². The van der Waals surface area contributed by atoms with E-state index in [-0.39, 0.29) is 11.1 Å². The molecular weight excluding hydrogens is 296 g/mol. The summed E-state index contributed by atoms with van der Waals surface area (Å²) in [6, 6.07) is 8.28. The number of nitrogens with one attached hydrogen (secondary N) is 1. The Bertz CT molecular complexity index is 824. The van der Waals surface area contributed by atoms with Gasteiger partial charge in [-0.1, -0.05) is 29.8 Å². The lowest BCUT2D eigenvalue weighted by Crippen LogP contribution is -2.33. The molecular formula is C17H18N2O4. The van der Waals surface area contributed by atoms with Crippen LogP contribution >= 0.6 is 0 Å². The number of carbonyl (C=O) groups excluding carboxylic acids is 1. The summed E-state index contributed by atoms with van der Waals surface area (Å²) in [6.07, 6.45) is 1.27. The fraction of sp³-hybridized carbons (Fsp3) is 0.235. The first-order valence-electron chi connectivity index (χ1n) is 7.13. The van der Waals surface area contributed by atoms with Gasteiger partial charge in [0.05, 0.1) is 11.6 Å². The van der Waals surface area contributed by atoms with Gasteiger partial charge in [0.25, 0.3) is 11.5 Å². The second-order valence-corrected chi connectivity index (χ2v) is 5.33. The highest BCUT2D eigenvalue weighted by Crippen LogP contribution is 2.18. The van der Waals surface area contributed by atoms with Crippen LogP contribution in [0.5, 0.6) is 0 Å². The number of aromatic nitrogens is 1. The molecule has 0 spiro atoms. The van der Waals surface area contributed by atoms with Crippen LogP contribution in [0.1, 0.15) is 44.8 Å². The number of nitrogens with zero attached hydrogens (tertiary/aromatic N) is 1. The Balaban J connectivity index is 2.65. The van der Waals surface area contributed by atoms with E-state index in [0.717, 1.165) is 17.2 Å². The predicted octanol–water partition coefficient (Wildman–Crippen LogP) is 1.82. The van der Waals surface area contributed by atoms with Crippen LogP contribution in [0.3, 0.4) is 0 Å². The van der Waals surface area contributed by atoms with Crippen LogP contribution in [0.2, 0.25) is 0 Å². The zero-order chi connectivity index (χ0) is 17.1. The molecule has 1 amide bonds. The van der Waals surface area contributed by atoms with Gasteiger partial charge < -0.3 is 15.0 Å². The topological polar surface area (TPSA) is 88.4 Å². The Morgan fingerprint density at radius 1 is 1.26 bits per heavy atom. The van der Waals surface area contributed by atoms with E-state index in [1.807, 2.05) is 31.2 Å². The Morgan fingerprint density at radius 2 is 1.96 bits per heavy atom. The monoisotopic (exact) mass is 314 g/mol. The molecule has 1 aromatic heterocycles. The third kappa shape index (κ3) is 3.31. The lowest BCUT2D eigenvalue weighted by Gasteiger charge is -2.18. The number of carboxylic acids is 1. The van der Waals surface area contributed by atoms with E-state index in [0.29, 0.717) is 0 Å². The Morgan fingerprint density at radius 3 is 2.52 bits per heavy atom. The van der Waals surface area contributed by atoms with Crippen LogP contribution in [0.4, 0.5) is 0 Å². The van der Waals surface area contributed by atoms with Crippen molar-refractivity contribution in [2.45, 2.75) is 19.9 Å². The van der Waals surface area contributed by atoms with E-state index in [1.54, 1.807) is 6.92 Å². The van der Waals surface area contributed by atoms with Gasteiger partial charge in [0.1, 0.15) is 5.56 Å². The van der Waals surface area contributed by atoms with Gasteiger partial charge in [-0.25, -0.2) is 4.79 Å². The zero-order valence-electron chi connectivity index (χ0n) is 13.2. The molecule has 23 heavy (non-hydrogen) atoms. The molecule has 0 saturated carbocycles. The standard InChI is InChI=1S/C17H18N2O4/c1-10-5-4-6-12(7-10)11(2)19-9-13(17(22)23)8-14(16(19)21)15(20)18-3/h4-9,11H,1-3H3,(H,18,20)(H,22,23)/t11-/m1/s1. The molecule has 0 unspecified atom stereocenters. The summed E-state index contributed by atoms with van der Waals surface area (Å²) in [7, 11) is 1.39. The van der Waals surface area contributed by atoms with Gasteiger partial charge in [-0.3, -0.25) is 9.59 Å². The molecule has 0 aliphatic heterocycles. The second-order valence-electron chi connectivity index (χ2n) is 5.33. The number of hydrogen-bond acceptors (Lipinski definition) is 3. The number of benzene rings is 1. The van der Waals surface area contributed by atoms with Crippen LogP contribution in [-0.2, 0) is 0 Å². The van der Waals surface area contributed by atoms with Gasteiger partial charge in [-0.05, 0) is 25.5 Å². The fourth-order valence-electron chi connectivity index (χ4n) is 2.39. The molecule has 2 aromatic rings. The Hall–Kier alpha value is -2.89. The molecule has 0 radical (unpaired) electrons. The average Bonchev–Trinajstić information content (AvgIpc) is 2.53. The number of aromatic carboxylic acids is 1. The van der Waals surface area contributed by atoms with Crippen molar-refractivity contribution in [3.8, 4) is 0 Å². The molecule has 6 nitrogen and oxygen atoms in total. The Labute approximate surface area is 133 Å². The van der Waals surface area contributed by atoms with Crippen LogP contribution in [0, 0.1) is 6.92 Å². The number of rotatable bonds is 4. The van der Waals surface area contributed by atoms with E-state index in [2.05, 4.69) is 5.32 Å². The summed E-state index contributed by atoms with van der Waals surface area (Å²) in [6.45, 7) is 3.72. The maximum absolute atomic E-state index is 12.6. The van der Waals surface area contributed by atoms with Crippen LogP contribution in [0.25, 0.3) is 0 Å². The summed E-state index contributed by atoms with van der Waals surface area (Å²) >= 11 is 0. The quantitative estimate of drug-likeness (QED) is 0.901. The van der Waals surface area contributed by atoms with Crippen molar-refractivity contribution in [1.29, 1.82) is 0 Å². The van der Waals surface area contributed by atoms with Crippen molar-refractivity contribution >= 4 is 11.9 Å². The van der Waals surface area contributed by atoms with Gasteiger partial charge in [0, 0.05) is 13.2 Å². The summed E-state index contributed by atoms with van der Waals surface area (Å²) in [5.74, 6) is -1.80. The summed E-state index contributed by atoms with van der Waals surface area (Å²) < 4.78 is 1.28. The van der Waals surface area contributed by atoms with Gasteiger partial charge >= 0.3 is 5.97 Å². The molecule has 1 heterocycles. The van der Waals surface area contributed by atoms with Crippen LogP contribution in [-0.4, -0.2) is 28.6 Å². The van der Waals surface area contributed by atoms with Gasteiger partial charge in [-0.15, -0.1) is 0 Å². The molecule has 1 atom stereocenters. The highest BCUT2D eigenvalue weighted by molar-refractivity contribution is 5.96. The fourth-order valence-corrected chi connectivity index (χ4v) is 2.39. The predicted molar refractivity (Wildman–Crippen MR) is 86.0 cm³/mol. The maximum atomic E-state index is 12.6. The molecule has 0 aliphatic carbocycles. The number of amides is 1. The van der Waals surface area contributed by atoms with Crippen molar-refractivity contribution < 1.29 is 14.7 Å². The van der Waals surface area contributed by atoms with Crippen LogP contribution in [0.15, 0.2) is 41.3 Å². The molecule has 1 aromatic carbocycles. The third-order valence-corrected chi connectivity index (χ3v) is 3.70. The minimum absolute atomic E-state index is 0.109. The first-order chi connectivity index (χ1) is 10.8. The highest BCUT2D eigenvalue weighted by atomic mass is 16.4. The number of hydrogen-bond donors (Lipinski definition) is 2. The van der Waals surface area contributed by atoms with Gasteiger partial charge in [-0.2, -0.15) is 0 Å². The van der Waals surface area contributed by atoms with Crippen molar-refractivity contribution in [3.05, 3.63) is 69.1 Å². The normalized spacial score (nSPS) is 11.8. The van der Waals surface area contributed by atoms with Gasteiger partial charge in [0.15, 0.2) is 0 Å². The molecule has 120 valence electrons. The number of carboxylic acid groups (broad SMARTS) is 1. The van der Waals surface area contributed by atoms with Crippen molar-refractivity contribution in [2.75, 3.05) is 7.05 Å². The largest absolute Gasteiger partial charge is 0.478 e. The highest BCUT2D eigenvalue weighted by Gasteiger charge is 2.19. The van der Waals surface area contributed by atoms with E-state index >= 15 is 0 Å². The molecule has 0 saturated heterocycles. The minimum Gasteiger partial charge on any atom is -0.478 e. The molecule has 2 N–H and O–H groups in total. The number of carbonyl (C=O) groups is 2. The van der Waals surface area contributed by atoms with E-state index < -0.39 is 23.5 Å². The van der Waals surface area contributed by atoms with Crippen molar-refractivity contribution in [1.82, 2.24) is 9.88 Å². The third-order valence-electron chi connectivity index (χ3n) is 3.70. The smallest absolute Gasteiger partial charge is 0.337 e. The molecule has 2 rings (SSSR count). The van der Waals surface area contributed by atoms with E-state index in [1.165, 1.54) is 17.8 Å². The summed E-state index contributed by atoms with van der Waals surface area (Å²) in [5, 5.41) is 11.6. The molecule has 0 aliphatic rings. The first-order valence-corrected chi connectivity index (χ1v) is 7.13. The second kappa shape index (κ2) is 6.48. The summed E-state index contributed by atoms with van der Waals surface area (Å²) in [4.78, 5) is 35.7. The zero-order valence-corrected chi connectivity index (χ0v) is 13.2. The number of aryl methyl sites for hydroxylation is 1. The van der Waals surface area contributed by atoms with Crippen molar-refractivity contribution in [2.24, 2.45) is 0 Å². The van der Waals surface area contributed by atoms with E-state index in [4.69, 9.17) is 0 Å². The maximum Gasteiger partial charge on any atom is 0.337 e. The van der Waals surface area contributed by atoms with E-state index in [9.17, 15) is 19.5 Å². The molecule has 0 bridgehead atoms. The minimum atomic E-state index is -1.19. The van der Waals surface area contributed by atoms with Crippen molar-refractivity contribution in [3.63, 3.8) is 0 Å². The molecule has 6 heteroatoms. The summed E-state index contributed by atoms with van der Waals surface area (Å²) in [5.41, 5.74) is 1.07. The lowest BCUT2D eigenvalue weighted by atomic mass is 10.0. The molecule has 0 fully saturated rings. The average molecular weight is 314 g/mol.